The lowest BCUT2D eigenvalue weighted by molar-refractivity contribution is -0.132. The maximum absolute atomic E-state index is 12.8. The van der Waals surface area contributed by atoms with Gasteiger partial charge in [-0.1, -0.05) is 17.3 Å². The molecule has 1 saturated carbocycles. The normalized spacial score (nSPS) is 13.3. The Kier molecular flexibility index (Phi) is 5.32. The lowest BCUT2D eigenvalue weighted by Crippen LogP contribution is -2.32. The molecular formula is C21H22N4O3. The van der Waals surface area contributed by atoms with Gasteiger partial charge in [0.05, 0.1) is 7.11 Å². The number of carbonyl (C=O) groups excluding carboxylic acids is 1. The molecule has 144 valence electrons. The van der Waals surface area contributed by atoms with Crippen molar-refractivity contribution >= 4 is 5.91 Å². The summed E-state index contributed by atoms with van der Waals surface area (Å²) in [4.78, 5) is 23.1. The number of amides is 1. The molecule has 0 aliphatic heterocycles. The molecule has 0 atom stereocenters. The van der Waals surface area contributed by atoms with E-state index in [-0.39, 0.29) is 5.91 Å². The van der Waals surface area contributed by atoms with Gasteiger partial charge in [0.15, 0.2) is 0 Å². The Morgan fingerprint density at radius 1 is 1.18 bits per heavy atom. The topological polar surface area (TPSA) is 81.4 Å². The van der Waals surface area contributed by atoms with Gasteiger partial charge in [0.2, 0.25) is 17.6 Å². The highest BCUT2D eigenvalue weighted by Gasteiger charge is 2.32. The van der Waals surface area contributed by atoms with E-state index in [1.807, 2.05) is 41.3 Å². The zero-order chi connectivity index (χ0) is 19.3. The number of carbonyl (C=O) groups is 1. The molecule has 1 aromatic carbocycles. The first kappa shape index (κ1) is 18.2. The predicted octanol–water partition coefficient (Wildman–Crippen LogP) is 3.26. The minimum atomic E-state index is 0.113. The second-order valence-corrected chi connectivity index (χ2v) is 6.85. The van der Waals surface area contributed by atoms with Crippen molar-refractivity contribution in [2.75, 3.05) is 7.11 Å². The molecule has 1 amide bonds. The van der Waals surface area contributed by atoms with E-state index in [0.717, 1.165) is 29.7 Å². The Balaban J connectivity index is 1.36. The first-order chi connectivity index (χ1) is 13.7. The molecule has 1 aliphatic rings. The molecule has 0 saturated heterocycles. The summed E-state index contributed by atoms with van der Waals surface area (Å²) < 4.78 is 10.5. The van der Waals surface area contributed by atoms with Crippen molar-refractivity contribution in [1.82, 2.24) is 20.0 Å². The molecule has 28 heavy (non-hydrogen) atoms. The summed E-state index contributed by atoms with van der Waals surface area (Å²) in [5, 5.41) is 3.99. The minimum absolute atomic E-state index is 0.113. The third-order valence-corrected chi connectivity index (χ3v) is 4.78. The van der Waals surface area contributed by atoms with Gasteiger partial charge in [-0.05, 0) is 42.7 Å². The first-order valence-electron chi connectivity index (χ1n) is 9.38. The fraction of sp³-hybridized carbons (Fsp3) is 0.333. The van der Waals surface area contributed by atoms with E-state index < -0.39 is 0 Å². The lowest BCUT2D eigenvalue weighted by Gasteiger charge is -2.22. The molecule has 2 aromatic heterocycles. The zero-order valence-electron chi connectivity index (χ0n) is 15.7. The van der Waals surface area contributed by atoms with Crippen molar-refractivity contribution in [2.45, 2.75) is 38.3 Å². The maximum Gasteiger partial charge on any atom is 0.227 e. The molecule has 0 spiro atoms. The molecule has 0 radical (unpaired) electrons. The van der Waals surface area contributed by atoms with Crippen LogP contribution in [0.2, 0.25) is 0 Å². The van der Waals surface area contributed by atoms with E-state index in [4.69, 9.17) is 9.26 Å². The van der Waals surface area contributed by atoms with Crippen LogP contribution < -0.4 is 4.74 Å². The lowest BCUT2D eigenvalue weighted by atomic mass is 10.2. The van der Waals surface area contributed by atoms with Crippen LogP contribution in [0, 0.1) is 0 Å². The van der Waals surface area contributed by atoms with Crippen LogP contribution in [0.3, 0.4) is 0 Å². The number of hydrogen-bond acceptors (Lipinski definition) is 6. The number of aromatic nitrogens is 3. The third kappa shape index (κ3) is 4.36. The summed E-state index contributed by atoms with van der Waals surface area (Å²) in [6.45, 7) is 0.611. The Morgan fingerprint density at radius 3 is 2.61 bits per heavy atom. The van der Waals surface area contributed by atoms with Crippen molar-refractivity contribution < 1.29 is 14.1 Å². The van der Waals surface area contributed by atoms with Crippen molar-refractivity contribution in [3.8, 4) is 17.1 Å². The fourth-order valence-electron chi connectivity index (χ4n) is 3.07. The highest BCUT2D eigenvalue weighted by atomic mass is 16.5. The molecule has 0 bridgehead atoms. The van der Waals surface area contributed by atoms with Gasteiger partial charge in [0, 0.05) is 43.4 Å². The van der Waals surface area contributed by atoms with Crippen LogP contribution in [-0.4, -0.2) is 39.1 Å². The molecule has 0 N–H and O–H groups in total. The summed E-state index contributed by atoms with van der Waals surface area (Å²) in [5.74, 6) is 1.92. The van der Waals surface area contributed by atoms with Gasteiger partial charge >= 0.3 is 0 Å². The van der Waals surface area contributed by atoms with Crippen molar-refractivity contribution in [1.29, 1.82) is 0 Å². The maximum atomic E-state index is 12.8. The number of rotatable bonds is 8. The second kappa shape index (κ2) is 8.21. The zero-order valence-corrected chi connectivity index (χ0v) is 15.7. The largest absolute Gasteiger partial charge is 0.497 e. The summed E-state index contributed by atoms with van der Waals surface area (Å²) in [5.41, 5.74) is 1.94. The van der Waals surface area contributed by atoms with Crippen LogP contribution >= 0.6 is 0 Å². The number of hydrogen-bond donors (Lipinski definition) is 0. The van der Waals surface area contributed by atoms with Gasteiger partial charge in [-0.15, -0.1) is 0 Å². The van der Waals surface area contributed by atoms with Crippen LogP contribution in [0.25, 0.3) is 11.4 Å². The second-order valence-electron chi connectivity index (χ2n) is 6.85. The van der Waals surface area contributed by atoms with E-state index in [9.17, 15) is 4.79 Å². The molecule has 7 nitrogen and oxygen atoms in total. The standard InChI is InChI=1S/C21H22N4O3/c1-27-18-6-2-15(3-7-18)14-25(17-4-5-17)20(26)9-8-19-23-21(24-28-19)16-10-12-22-13-11-16/h2-3,6-7,10-13,17H,4-5,8-9,14H2,1H3. The molecule has 4 rings (SSSR count). The number of pyridine rings is 1. The minimum Gasteiger partial charge on any atom is -0.497 e. The summed E-state index contributed by atoms with van der Waals surface area (Å²) in [7, 11) is 1.65. The van der Waals surface area contributed by atoms with Gasteiger partial charge < -0.3 is 14.2 Å². The molecule has 3 aromatic rings. The van der Waals surface area contributed by atoms with Crippen molar-refractivity contribution in [3.05, 3.63) is 60.2 Å². The van der Waals surface area contributed by atoms with E-state index in [1.165, 1.54) is 0 Å². The smallest absolute Gasteiger partial charge is 0.227 e. The predicted molar refractivity (Wildman–Crippen MR) is 102 cm³/mol. The van der Waals surface area contributed by atoms with Crippen molar-refractivity contribution in [2.24, 2.45) is 0 Å². The van der Waals surface area contributed by atoms with E-state index in [2.05, 4.69) is 15.1 Å². The Labute approximate surface area is 163 Å². The van der Waals surface area contributed by atoms with Gasteiger partial charge in [-0.2, -0.15) is 4.98 Å². The number of benzene rings is 1. The molecule has 7 heteroatoms. The number of nitrogens with zero attached hydrogens (tertiary/aromatic N) is 4. The van der Waals surface area contributed by atoms with Crippen LogP contribution in [0.4, 0.5) is 0 Å². The van der Waals surface area contributed by atoms with Crippen molar-refractivity contribution in [3.63, 3.8) is 0 Å². The highest BCUT2D eigenvalue weighted by Crippen LogP contribution is 2.29. The average molecular weight is 378 g/mol. The molecule has 2 heterocycles. The quantitative estimate of drug-likeness (QED) is 0.598. The number of aryl methyl sites for hydroxylation is 1. The summed E-state index contributed by atoms with van der Waals surface area (Å²) in [6.07, 6.45) is 6.28. The highest BCUT2D eigenvalue weighted by molar-refractivity contribution is 5.77. The van der Waals surface area contributed by atoms with Gasteiger partial charge in [0.25, 0.3) is 0 Å². The molecule has 1 aliphatic carbocycles. The van der Waals surface area contributed by atoms with E-state index in [0.29, 0.717) is 37.1 Å². The average Bonchev–Trinajstić information content (AvgIpc) is 3.48. The van der Waals surface area contributed by atoms with Gasteiger partial charge in [-0.3, -0.25) is 9.78 Å². The van der Waals surface area contributed by atoms with E-state index in [1.54, 1.807) is 19.5 Å². The Morgan fingerprint density at radius 2 is 1.93 bits per heavy atom. The van der Waals surface area contributed by atoms with Crippen LogP contribution in [0.1, 0.15) is 30.7 Å². The van der Waals surface area contributed by atoms with Crippen LogP contribution in [0.15, 0.2) is 53.3 Å². The fourth-order valence-corrected chi connectivity index (χ4v) is 3.07. The monoisotopic (exact) mass is 378 g/mol. The molecule has 1 fully saturated rings. The molecular weight excluding hydrogens is 356 g/mol. The molecule has 0 unspecified atom stereocenters. The SMILES string of the molecule is COc1ccc(CN(C(=O)CCc2nc(-c3ccncc3)no2)C2CC2)cc1. The number of ether oxygens (including phenoxy) is 1. The van der Waals surface area contributed by atoms with Crippen LogP contribution in [0.5, 0.6) is 5.75 Å². The first-order valence-corrected chi connectivity index (χ1v) is 9.38. The van der Waals surface area contributed by atoms with E-state index >= 15 is 0 Å². The van der Waals surface area contributed by atoms with Gasteiger partial charge in [0.1, 0.15) is 5.75 Å². The van der Waals surface area contributed by atoms with Crippen LogP contribution in [-0.2, 0) is 17.8 Å². The Bertz CT molecular complexity index is 920. The van der Waals surface area contributed by atoms with Gasteiger partial charge in [-0.25, -0.2) is 0 Å². The summed E-state index contributed by atoms with van der Waals surface area (Å²) in [6, 6.07) is 11.8. The third-order valence-electron chi connectivity index (χ3n) is 4.78. The summed E-state index contributed by atoms with van der Waals surface area (Å²) >= 11 is 0. The Hall–Kier alpha value is -3.22. The number of methoxy groups -OCH3 is 1.